The molecule has 3 heteroatoms. The fraction of sp³-hybridized carbons (Fsp3) is 0.737. The average Bonchev–Trinajstić information content (AvgIpc) is 2.37. The summed E-state index contributed by atoms with van der Waals surface area (Å²) in [5.74, 6) is 0.425. The molecular formula is C19H34O2S. The predicted octanol–water partition coefficient (Wildman–Crippen LogP) is 5.78. The summed E-state index contributed by atoms with van der Waals surface area (Å²) < 4.78 is 5.49. The van der Waals surface area contributed by atoms with Gasteiger partial charge in [0.1, 0.15) is 0 Å². The van der Waals surface area contributed by atoms with Crippen molar-refractivity contribution < 1.29 is 9.53 Å². The molecule has 0 aliphatic carbocycles. The maximum Gasteiger partial charge on any atom is 0.331 e. The summed E-state index contributed by atoms with van der Waals surface area (Å²) in [6.45, 7) is 12.6. The van der Waals surface area contributed by atoms with Crippen molar-refractivity contribution in [3.8, 4) is 0 Å². The van der Waals surface area contributed by atoms with Crippen LogP contribution < -0.4 is 0 Å². The van der Waals surface area contributed by atoms with E-state index in [0.29, 0.717) is 10.7 Å². The summed E-state index contributed by atoms with van der Waals surface area (Å²) in [6, 6.07) is 0. The first-order valence-corrected chi connectivity index (χ1v) is 9.49. The SMILES string of the molecule is CSC(C)(C)CCC[C@@H](C)C/C=C/C(C)=C\C(=O)OC(C)C. The summed E-state index contributed by atoms with van der Waals surface area (Å²) >= 11 is 1.95. The quantitative estimate of drug-likeness (QED) is 0.289. The van der Waals surface area contributed by atoms with Gasteiger partial charge in [0.25, 0.3) is 0 Å². The van der Waals surface area contributed by atoms with Crippen LogP contribution in [-0.2, 0) is 9.53 Å². The van der Waals surface area contributed by atoms with Crippen LogP contribution in [0.5, 0.6) is 0 Å². The van der Waals surface area contributed by atoms with Gasteiger partial charge in [-0.15, -0.1) is 0 Å². The van der Waals surface area contributed by atoms with Crippen molar-refractivity contribution in [3.05, 3.63) is 23.8 Å². The Kier molecular flexibility index (Phi) is 10.6. The lowest BCUT2D eigenvalue weighted by Gasteiger charge is -2.22. The molecule has 22 heavy (non-hydrogen) atoms. The summed E-state index contributed by atoms with van der Waals surface area (Å²) in [7, 11) is 0. The standard InChI is InChI=1S/C19H34O2S/c1-15(2)21-18(20)14-17(4)11-8-10-16(3)12-9-13-19(5,6)22-7/h8,11,14-16H,9-10,12-13H2,1-7H3/b11-8+,17-14-/t16-/m0/s1. The number of rotatable bonds is 10. The van der Waals surface area contributed by atoms with E-state index in [4.69, 9.17) is 4.74 Å². The van der Waals surface area contributed by atoms with Crippen molar-refractivity contribution in [3.63, 3.8) is 0 Å². The lowest BCUT2D eigenvalue weighted by molar-refractivity contribution is -0.141. The third kappa shape index (κ3) is 11.9. The Labute approximate surface area is 141 Å². The number of esters is 1. The van der Waals surface area contributed by atoms with Gasteiger partial charge >= 0.3 is 5.97 Å². The molecular weight excluding hydrogens is 292 g/mol. The molecule has 0 heterocycles. The second-order valence-electron chi connectivity index (χ2n) is 6.97. The van der Waals surface area contributed by atoms with E-state index in [2.05, 4.69) is 33.1 Å². The van der Waals surface area contributed by atoms with Crippen LogP contribution in [0.1, 0.15) is 67.2 Å². The van der Waals surface area contributed by atoms with E-state index in [1.165, 1.54) is 19.3 Å². The van der Waals surface area contributed by atoms with Crippen molar-refractivity contribution in [1.29, 1.82) is 0 Å². The van der Waals surface area contributed by atoms with E-state index in [9.17, 15) is 4.79 Å². The lowest BCUT2D eigenvalue weighted by Crippen LogP contribution is -2.13. The minimum absolute atomic E-state index is 0.0638. The molecule has 0 aromatic rings. The number of allylic oxidation sites excluding steroid dienone is 3. The fourth-order valence-corrected chi connectivity index (χ4v) is 2.43. The van der Waals surface area contributed by atoms with Crippen molar-refractivity contribution in [2.24, 2.45) is 5.92 Å². The molecule has 0 saturated heterocycles. The molecule has 0 radical (unpaired) electrons. The van der Waals surface area contributed by atoms with E-state index in [0.717, 1.165) is 12.0 Å². The molecule has 0 aromatic heterocycles. The Balaban J connectivity index is 4.05. The molecule has 0 aliphatic rings. The van der Waals surface area contributed by atoms with Crippen molar-refractivity contribution in [1.82, 2.24) is 0 Å². The van der Waals surface area contributed by atoms with Crippen molar-refractivity contribution >= 4 is 17.7 Å². The Hall–Kier alpha value is -0.700. The third-order valence-electron chi connectivity index (χ3n) is 3.64. The van der Waals surface area contributed by atoms with Crippen LogP contribution in [0.15, 0.2) is 23.8 Å². The number of carbonyl (C=O) groups excluding carboxylic acids is 1. The highest BCUT2D eigenvalue weighted by molar-refractivity contribution is 7.99. The molecule has 2 nitrogen and oxygen atoms in total. The van der Waals surface area contributed by atoms with Gasteiger partial charge < -0.3 is 4.74 Å². The van der Waals surface area contributed by atoms with E-state index in [1.54, 1.807) is 6.08 Å². The van der Waals surface area contributed by atoms with Gasteiger partial charge in [-0.3, -0.25) is 0 Å². The highest BCUT2D eigenvalue weighted by Gasteiger charge is 2.15. The van der Waals surface area contributed by atoms with Crippen LogP contribution in [0, 0.1) is 5.92 Å². The first kappa shape index (κ1) is 21.3. The van der Waals surface area contributed by atoms with Crippen LogP contribution in [0.4, 0.5) is 0 Å². The molecule has 0 fully saturated rings. The Bertz CT molecular complexity index is 381. The molecule has 0 bridgehead atoms. The van der Waals surface area contributed by atoms with Gasteiger partial charge in [-0.25, -0.2) is 4.79 Å². The maximum atomic E-state index is 11.5. The van der Waals surface area contributed by atoms with Gasteiger partial charge in [0, 0.05) is 10.8 Å². The predicted molar refractivity (Wildman–Crippen MR) is 99.4 cm³/mol. The molecule has 0 unspecified atom stereocenters. The second kappa shape index (κ2) is 10.9. The zero-order valence-electron chi connectivity index (χ0n) is 15.4. The normalized spacial score (nSPS) is 14.6. The minimum atomic E-state index is -0.260. The monoisotopic (exact) mass is 326 g/mol. The van der Waals surface area contributed by atoms with Crippen LogP contribution in [0.3, 0.4) is 0 Å². The zero-order valence-corrected chi connectivity index (χ0v) is 16.3. The Morgan fingerprint density at radius 1 is 1.27 bits per heavy atom. The molecule has 0 N–H and O–H groups in total. The van der Waals surface area contributed by atoms with Crippen LogP contribution in [0.25, 0.3) is 0 Å². The number of hydrogen-bond acceptors (Lipinski definition) is 3. The first-order valence-electron chi connectivity index (χ1n) is 8.27. The van der Waals surface area contributed by atoms with Gasteiger partial charge in [0.05, 0.1) is 6.10 Å². The Morgan fingerprint density at radius 2 is 1.91 bits per heavy atom. The summed E-state index contributed by atoms with van der Waals surface area (Å²) in [5, 5.41) is 0. The number of hydrogen-bond donors (Lipinski definition) is 0. The summed E-state index contributed by atoms with van der Waals surface area (Å²) in [6.07, 6.45) is 12.7. The largest absolute Gasteiger partial charge is 0.460 e. The number of carbonyl (C=O) groups is 1. The lowest BCUT2D eigenvalue weighted by atomic mass is 9.96. The van der Waals surface area contributed by atoms with Crippen molar-refractivity contribution in [2.45, 2.75) is 78.1 Å². The molecule has 0 saturated carbocycles. The van der Waals surface area contributed by atoms with Gasteiger partial charge in [-0.2, -0.15) is 11.8 Å². The summed E-state index contributed by atoms with van der Waals surface area (Å²) in [4.78, 5) is 11.5. The highest BCUT2D eigenvalue weighted by atomic mass is 32.2. The first-order chi connectivity index (χ1) is 10.2. The molecule has 0 amide bonds. The van der Waals surface area contributed by atoms with Crippen molar-refractivity contribution in [2.75, 3.05) is 6.26 Å². The second-order valence-corrected chi connectivity index (χ2v) is 8.49. The maximum absolute atomic E-state index is 11.5. The number of ether oxygens (including phenoxy) is 1. The van der Waals surface area contributed by atoms with Gasteiger partial charge in [0.2, 0.25) is 0 Å². The molecule has 0 aromatic carbocycles. The molecule has 0 spiro atoms. The van der Waals surface area contributed by atoms with Crippen LogP contribution >= 0.6 is 11.8 Å². The highest BCUT2D eigenvalue weighted by Crippen LogP contribution is 2.28. The van der Waals surface area contributed by atoms with Crippen LogP contribution in [0.2, 0.25) is 0 Å². The topological polar surface area (TPSA) is 26.3 Å². The third-order valence-corrected chi connectivity index (χ3v) is 4.95. The molecule has 1 atom stereocenters. The van der Waals surface area contributed by atoms with Gasteiger partial charge in [-0.05, 0) is 51.4 Å². The average molecular weight is 327 g/mol. The molecule has 0 aliphatic heterocycles. The zero-order chi connectivity index (χ0) is 17.2. The van der Waals surface area contributed by atoms with E-state index in [-0.39, 0.29) is 12.1 Å². The number of thioether (sulfide) groups is 1. The molecule has 128 valence electrons. The van der Waals surface area contributed by atoms with Gasteiger partial charge in [0.15, 0.2) is 0 Å². The van der Waals surface area contributed by atoms with E-state index >= 15 is 0 Å². The minimum Gasteiger partial charge on any atom is -0.460 e. The smallest absolute Gasteiger partial charge is 0.331 e. The fourth-order valence-electron chi connectivity index (χ4n) is 2.08. The van der Waals surface area contributed by atoms with Gasteiger partial charge in [-0.1, -0.05) is 45.8 Å². The van der Waals surface area contributed by atoms with E-state index < -0.39 is 0 Å². The Morgan fingerprint density at radius 3 is 2.45 bits per heavy atom. The van der Waals surface area contributed by atoms with Crippen LogP contribution in [-0.4, -0.2) is 23.1 Å². The summed E-state index contributed by atoms with van der Waals surface area (Å²) in [5.41, 5.74) is 0.946. The van der Waals surface area contributed by atoms with E-state index in [1.807, 2.05) is 38.6 Å². The molecule has 0 rings (SSSR count).